The fourth-order valence-corrected chi connectivity index (χ4v) is 1.94. The third-order valence-electron chi connectivity index (χ3n) is 3.33. The molecule has 0 heterocycles. The molecule has 2 rings (SSSR count). The lowest BCUT2D eigenvalue weighted by molar-refractivity contribution is -0.137. The maximum Gasteiger partial charge on any atom is 0.416 e. The van der Waals surface area contributed by atoms with Crippen LogP contribution in [-0.4, -0.2) is 17.5 Å². The van der Waals surface area contributed by atoms with Crippen molar-refractivity contribution in [2.24, 2.45) is 5.10 Å². The third-order valence-corrected chi connectivity index (χ3v) is 3.33. The SMILES string of the molecule is CC(/C=C/c1ccccc1)=N\NC(=O)C(=O)Nc1ccc(C(F)(F)F)cc1. The zero-order valence-corrected chi connectivity index (χ0v) is 14.2. The van der Waals surface area contributed by atoms with E-state index >= 15 is 0 Å². The normalized spacial score (nSPS) is 12.1. The summed E-state index contributed by atoms with van der Waals surface area (Å²) in [5.41, 5.74) is 2.69. The molecule has 0 radical (unpaired) electrons. The third kappa shape index (κ3) is 6.43. The van der Waals surface area contributed by atoms with E-state index in [4.69, 9.17) is 0 Å². The van der Waals surface area contributed by atoms with Gasteiger partial charge in [0, 0.05) is 5.69 Å². The van der Waals surface area contributed by atoms with Gasteiger partial charge >= 0.3 is 18.0 Å². The van der Waals surface area contributed by atoms with Crippen LogP contribution in [0.4, 0.5) is 18.9 Å². The van der Waals surface area contributed by atoms with Gasteiger partial charge < -0.3 is 5.32 Å². The van der Waals surface area contributed by atoms with Gasteiger partial charge in [-0.2, -0.15) is 18.3 Å². The predicted octanol–water partition coefficient (Wildman–Crippen LogP) is 3.85. The summed E-state index contributed by atoms with van der Waals surface area (Å²) in [7, 11) is 0. The number of hydrogen-bond donors (Lipinski definition) is 2. The number of nitrogens with one attached hydrogen (secondary N) is 2. The topological polar surface area (TPSA) is 70.6 Å². The molecule has 140 valence electrons. The molecule has 0 aliphatic heterocycles. The molecule has 0 bridgehead atoms. The zero-order valence-electron chi connectivity index (χ0n) is 14.2. The van der Waals surface area contributed by atoms with Gasteiger partial charge in [-0.1, -0.05) is 36.4 Å². The van der Waals surface area contributed by atoms with Crippen molar-refractivity contribution in [2.45, 2.75) is 13.1 Å². The highest BCUT2D eigenvalue weighted by Crippen LogP contribution is 2.29. The summed E-state index contributed by atoms with van der Waals surface area (Å²) in [5, 5.41) is 5.97. The van der Waals surface area contributed by atoms with Crippen LogP contribution in [0.5, 0.6) is 0 Å². The molecule has 0 saturated carbocycles. The lowest BCUT2D eigenvalue weighted by atomic mass is 10.2. The van der Waals surface area contributed by atoms with Crippen molar-refractivity contribution < 1.29 is 22.8 Å². The van der Waals surface area contributed by atoms with Gasteiger partial charge in [0.1, 0.15) is 0 Å². The maximum absolute atomic E-state index is 12.5. The second kappa shape index (κ2) is 8.79. The van der Waals surface area contributed by atoms with Gasteiger partial charge in [0.2, 0.25) is 0 Å². The smallest absolute Gasteiger partial charge is 0.318 e. The highest BCUT2D eigenvalue weighted by atomic mass is 19.4. The molecule has 0 aliphatic rings. The number of nitrogens with zero attached hydrogens (tertiary/aromatic N) is 1. The molecule has 0 aromatic heterocycles. The average molecular weight is 375 g/mol. The Labute approximate surface area is 153 Å². The standard InChI is InChI=1S/C19H16F3N3O2/c1-13(7-8-14-5-3-2-4-6-14)24-25-18(27)17(26)23-16-11-9-15(10-12-16)19(20,21)22/h2-12H,1H3,(H,23,26)(H,25,27)/b8-7+,24-13+. The Morgan fingerprint density at radius 1 is 0.963 bits per heavy atom. The molecular weight excluding hydrogens is 359 g/mol. The van der Waals surface area contributed by atoms with Crippen molar-refractivity contribution in [3.63, 3.8) is 0 Å². The first-order valence-electron chi connectivity index (χ1n) is 7.82. The first-order valence-corrected chi connectivity index (χ1v) is 7.82. The van der Waals surface area contributed by atoms with E-state index in [9.17, 15) is 22.8 Å². The number of benzene rings is 2. The summed E-state index contributed by atoms with van der Waals surface area (Å²) in [5.74, 6) is -2.08. The van der Waals surface area contributed by atoms with Crippen LogP contribution in [-0.2, 0) is 15.8 Å². The van der Waals surface area contributed by atoms with Crippen LogP contribution in [0.15, 0.2) is 65.8 Å². The molecule has 0 aliphatic carbocycles. The van der Waals surface area contributed by atoms with Crippen molar-refractivity contribution in [3.05, 3.63) is 71.8 Å². The van der Waals surface area contributed by atoms with Gasteiger partial charge in [-0.05, 0) is 42.8 Å². The van der Waals surface area contributed by atoms with E-state index in [1.807, 2.05) is 30.3 Å². The summed E-state index contributed by atoms with van der Waals surface area (Å²) < 4.78 is 37.5. The van der Waals surface area contributed by atoms with E-state index in [-0.39, 0.29) is 5.69 Å². The number of carbonyl (C=O) groups excluding carboxylic acids is 2. The second-order valence-corrected chi connectivity index (χ2v) is 5.47. The summed E-state index contributed by atoms with van der Waals surface area (Å²) in [6.07, 6.45) is -1.03. The number of carbonyl (C=O) groups is 2. The molecule has 0 fully saturated rings. The van der Waals surface area contributed by atoms with E-state index in [1.165, 1.54) is 0 Å². The molecule has 2 amide bonds. The number of rotatable bonds is 4. The van der Waals surface area contributed by atoms with Crippen molar-refractivity contribution in [1.82, 2.24) is 5.43 Å². The van der Waals surface area contributed by atoms with E-state index in [1.54, 1.807) is 19.1 Å². The Morgan fingerprint density at radius 3 is 2.19 bits per heavy atom. The molecule has 2 N–H and O–H groups in total. The monoisotopic (exact) mass is 375 g/mol. The van der Waals surface area contributed by atoms with Crippen molar-refractivity contribution in [3.8, 4) is 0 Å². The van der Waals surface area contributed by atoms with Crippen LogP contribution in [0, 0.1) is 0 Å². The zero-order chi connectivity index (χ0) is 19.9. The van der Waals surface area contributed by atoms with Crippen LogP contribution in [0.1, 0.15) is 18.1 Å². The molecule has 0 unspecified atom stereocenters. The van der Waals surface area contributed by atoms with Crippen molar-refractivity contribution in [1.29, 1.82) is 0 Å². The van der Waals surface area contributed by atoms with Gasteiger partial charge in [-0.15, -0.1) is 0 Å². The summed E-state index contributed by atoms with van der Waals surface area (Å²) in [4.78, 5) is 23.5. The van der Waals surface area contributed by atoms with Crippen LogP contribution >= 0.6 is 0 Å². The van der Waals surface area contributed by atoms with Gasteiger partial charge in [0.25, 0.3) is 0 Å². The predicted molar refractivity (Wildman–Crippen MR) is 96.8 cm³/mol. The molecule has 0 spiro atoms. The number of halogens is 3. The summed E-state index contributed by atoms with van der Waals surface area (Å²) in [6.45, 7) is 1.63. The van der Waals surface area contributed by atoms with Crippen molar-refractivity contribution >= 4 is 29.3 Å². The Kier molecular flexibility index (Phi) is 6.48. The van der Waals surface area contributed by atoms with Crippen LogP contribution in [0.3, 0.4) is 0 Å². The maximum atomic E-state index is 12.5. The number of allylic oxidation sites excluding steroid dienone is 1. The number of anilines is 1. The largest absolute Gasteiger partial charge is 0.416 e. The fourth-order valence-electron chi connectivity index (χ4n) is 1.94. The Bertz CT molecular complexity index is 858. The fraction of sp³-hybridized carbons (Fsp3) is 0.105. The van der Waals surface area contributed by atoms with Gasteiger partial charge in [-0.3, -0.25) is 9.59 Å². The van der Waals surface area contributed by atoms with E-state index in [0.29, 0.717) is 5.71 Å². The molecule has 8 heteroatoms. The quantitative estimate of drug-likeness (QED) is 0.484. The van der Waals surface area contributed by atoms with E-state index < -0.39 is 23.6 Å². The molecular formula is C19H16F3N3O2. The van der Waals surface area contributed by atoms with Gasteiger partial charge in [0.05, 0.1) is 11.3 Å². The first-order chi connectivity index (χ1) is 12.8. The first kappa shape index (κ1) is 19.9. The summed E-state index contributed by atoms with van der Waals surface area (Å²) >= 11 is 0. The minimum Gasteiger partial charge on any atom is -0.318 e. The molecule has 27 heavy (non-hydrogen) atoms. The van der Waals surface area contributed by atoms with E-state index in [0.717, 1.165) is 29.8 Å². The second-order valence-electron chi connectivity index (χ2n) is 5.47. The number of hydrazone groups is 1. The minimum atomic E-state index is -4.47. The van der Waals surface area contributed by atoms with Gasteiger partial charge in [0.15, 0.2) is 0 Å². The number of alkyl halides is 3. The number of hydrogen-bond acceptors (Lipinski definition) is 3. The van der Waals surface area contributed by atoms with Crippen LogP contribution < -0.4 is 10.7 Å². The number of amides is 2. The molecule has 0 saturated heterocycles. The Balaban J connectivity index is 1.89. The molecule has 2 aromatic rings. The summed E-state index contributed by atoms with van der Waals surface area (Å²) in [6, 6.07) is 13.1. The molecule has 2 aromatic carbocycles. The van der Waals surface area contributed by atoms with Crippen LogP contribution in [0.2, 0.25) is 0 Å². The Hall–Kier alpha value is -3.42. The highest BCUT2D eigenvalue weighted by molar-refractivity contribution is 6.39. The molecule has 5 nitrogen and oxygen atoms in total. The van der Waals surface area contributed by atoms with Gasteiger partial charge in [-0.25, -0.2) is 5.43 Å². The minimum absolute atomic E-state index is 0.0628. The lowest BCUT2D eigenvalue weighted by Crippen LogP contribution is -2.32. The molecule has 0 atom stereocenters. The average Bonchev–Trinajstić information content (AvgIpc) is 2.65. The van der Waals surface area contributed by atoms with Crippen LogP contribution in [0.25, 0.3) is 6.08 Å². The van der Waals surface area contributed by atoms with E-state index in [2.05, 4.69) is 15.8 Å². The van der Waals surface area contributed by atoms with Crippen molar-refractivity contribution in [2.75, 3.05) is 5.32 Å². The Morgan fingerprint density at radius 2 is 1.59 bits per heavy atom. The highest BCUT2D eigenvalue weighted by Gasteiger charge is 2.30. The lowest BCUT2D eigenvalue weighted by Gasteiger charge is -2.08.